The Morgan fingerprint density at radius 1 is 1.05 bits per heavy atom. The molecule has 1 aliphatic heterocycles. The average molecular weight is 308 g/mol. The van der Waals surface area contributed by atoms with Crippen LogP contribution < -0.4 is 0 Å². The van der Waals surface area contributed by atoms with Gasteiger partial charge in [0.15, 0.2) is 19.7 Å². The van der Waals surface area contributed by atoms with Crippen LogP contribution in [0.15, 0.2) is 11.8 Å². The molecule has 0 aromatic heterocycles. The van der Waals surface area contributed by atoms with Crippen molar-refractivity contribution in [2.75, 3.05) is 23.9 Å². The molecule has 1 saturated heterocycles. The highest BCUT2D eigenvalue weighted by atomic mass is 32.2. The molecule has 1 atom stereocenters. The zero-order valence-corrected chi connectivity index (χ0v) is 12.5. The Hall–Kier alpha value is -0.560. The molecule has 0 aromatic carbocycles. The van der Waals surface area contributed by atoms with Crippen LogP contribution in [0.25, 0.3) is 0 Å². The lowest BCUT2D eigenvalue weighted by Gasteiger charge is -2.22. The van der Waals surface area contributed by atoms with E-state index in [1.807, 2.05) is 0 Å². The van der Waals surface area contributed by atoms with Crippen LogP contribution in [0.4, 0.5) is 0 Å². The lowest BCUT2D eigenvalue weighted by Crippen LogP contribution is -2.42. The van der Waals surface area contributed by atoms with Crippen molar-refractivity contribution >= 4 is 19.7 Å². The van der Waals surface area contributed by atoms with Gasteiger partial charge in [-0.05, 0) is 31.3 Å². The van der Waals surface area contributed by atoms with E-state index in [-0.39, 0.29) is 23.9 Å². The van der Waals surface area contributed by atoms with Gasteiger partial charge in [0.05, 0.1) is 23.5 Å². The second-order valence-corrected chi connectivity index (χ2v) is 9.90. The molecule has 0 spiro atoms. The molecule has 0 amide bonds. The second-order valence-electron chi connectivity index (χ2n) is 5.27. The molecular formula is C12H20O5S2. The van der Waals surface area contributed by atoms with Crippen molar-refractivity contribution in [3.8, 4) is 0 Å². The number of hydrogen-bond acceptors (Lipinski definition) is 5. The van der Waals surface area contributed by atoms with E-state index >= 15 is 0 Å². The fraction of sp³-hybridized carbons (Fsp3) is 0.833. The van der Waals surface area contributed by atoms with Gasteiger partial charge in [-0.3, -0.25) is 0 Å². The van der Waals surface area contributed by atoms with Crippen molar-refractivity contribution in [2.45, 2.75) is 37.4 Å². The van der Waals surface area contributed by atoms with E-state index in [0.717, 1.165) is 25.7 Å². The van der Waals surface area contributed by atoms with Crippen LogP contribution in [-0.2, 0) is 24.4 Å². The van der Waals surface area contributed by atoms with Crippen molar-refractivity contribution in [2.24, 2.45) is 0 Å². The molecule has 0 bridgehead atoms. The van der Waals surface area contributed by atoms with E-state index in [1.54, 1.807) is 6.26 Å². The monoisotopic (exact) mass is 308 g/mol. The first-order valence-electron chi connectivity index (χ1n) is 6.61. The maximum absolute atomic E-state index is 11.8. The zero-order chi connectivity index (χ0) is 13.9. The normalized spacial score (nSPS) is 29.7. The predicted molar refractivity (Wildman–Crippen MR) is 73.3 cm³/mol. The molecule has 2 fully saturated rings. The van der Waals surface area contributed by atoms with Gasteiger partial charge in [-0.1, -0.05) is 6.42 Å². The van der Waals surface area contributed by atoms with E-state index in [1.165, 1.54) is 12.0 Å². The molecule has 1 saturated carbocycles. The van der Waals surface area contributed by atoms with Gasteiger partial charge < -0.3 is 4.74 Å². The van der Waals surface area contributed by atoms with Gasteiger partial charge in [0, 0.05) is 0 Å². The van der Waals surface area contributed by atoms with Crippen LogP contribution in [0.5, 0.6) is 0 Å². The quantitative estimate of drug-likeness (QED) is 0.729. The smallest absolute Gasteiger partial charge is 0.158 e. The van der Waals surface area contributed by atoms with Crippen molar-refractivity contribution in [1.82, 2.24) is 0 Å². The Bertz CT molecular complexity index is 537. The molecule has 1 unspecified atom stereocenters. The van der Waals surface area contributed by atoms with Gasteiger partial charge in [0.25, 0.3) is 0 Å². The van der Waals surface area contributed by atoms with Gasteiger partial charge >= 0.3 is 0 Å². The maximum atomic E-state index is 11.8. The SMILES string of the molecule is O=S1(=O)CCS(=O)(=O)C(COC=C2CCCCC2)C1. The minimum absolute atomic E-state index is 0.0505. The summed E-state index contributed by atoms with van der Waals surface area (Å²) < 4.78 is 51.9. The summed E-state index contributed by atoms with van der Waals surface area (Å²) in [5.41, 5.74) is 1.20. The second kappa shape index (κ2) is 5.83. The minimum atomic E-state index is -3.33. The molecule has 2 rings (SSSR count). The molecule has 0 aromatic rings. The van der Waals surface area contributed by atoms with Crippen molar-refractivity contribution in [3.05, 3.63) is 11.8 Å². The van der Waals surface area contributed by atoms with Crippen molar-refractivity contribution in [1.29, 1.82) is 0 Å². The zero-order valence-electron chi connectivity index (χ0n) is 10.9. The van der Waals surface area contributed by atoms with E-state index in [9.17, 15) is 16.8 Å². The topological polar surface area (TPSA) is 77.5 Å². The Kier molecular flexibility index (Phi) is 4.55. The highest BCUT2D eigenvalue weighted by molar-refractivity contribution is 7.98. The lowest BCUT2D eigenvalue weighted by molar-refractivity contribution is 0.245. The van der Waals surface area contributed by atoms with Gasteiger partial charge in [0.1, 0.15) is 11.9 Å². The summed E-state index contributed by atoms with van der Waals surface area (Å²) in [6.45, 7) is -0.0505. The molecule has 0 N–H and O–H groups in total. The molecule has 1 aliphatic carbocycles. The van der Waals surface area contributed by atoms with Crippen LogP contribution in [-0.4, -0.2) is 46.0 Å². The fourth-order valence-electron chi connectivity index (χ4n) is 2.43. The highest BCUT2D eigenvalue weighted by Gasteiger charge is 2.37. The predicted octanol–water partition coefficient (Wildman–Crippen LogP) is 1.06. The average Bonchev–Trinajstić information content (AvgIpc) is 2.35. The Labute approximate surface area is 114 Å². The van der Waals surface area contributed by atoms with Crippen LogP contribution >= 0.6 is 0 Å². The van der Waals surface area contributed by atoms with E-state index in [0.29, 0.717) is 0 Å². The summed E-state index contributed by atoms with van der Waals surface area (Å²) >= 11 is 0. The lowest BCUT2D eigenvalue weighted by atomic mass is 9.96. The van der Waals surface area contributed by atoms with Gasteiger partial charge in [-0.15, -0.1) is 0 Å². The van der Waals surface area contributed by atoms with Gasteiger partial charge in [0.2, 0.25) is 0 Å². The number of rotatable bonds is 3. The van der Waals surface area contributed by atoms with E-state index in [2.05, 4.69) is 0 Å². The third-order valence-corrected chi connectivity index (χ3v) is 7.95. The van der Waals surface area contributed by atoms with Crippen LogP contribution in [0.2, 0.25) is 0 Å². The van der Waals surface area contributed by atoms with Crippen LogP contribution in [0.3, 0.4) is 0 Å². The number of allylic oxidation sites excluding steroid dienone is 1. The molecule has 1 heterocycles. The summed E-state index contributed by atoms with van der Waals surface area (Å²) in [6, 6.07) is 0. The molecule has 7 heteroatoms. The fourth-order valence-corrected chi connectivity index (χ4v) is 7.27. The summed E-state index contributed by atoms with van der Waals surface area (Å²) in [6.07, 6.45) is 7.14. The first-order chi connectivity index (χ1) is 8.89. The minimum Gasteiger partial charge on any atom is -0.500 e. The summed E-state index contributed by atoms with van der Waals surface area (Å²) in [5, 5.41) is -0.910. The number of sulfone groups is 2. The Balaban J connectivity index is 1.93. The molecule has 2 aliphatic rings. The van der Waals surface area contributed by atoms with Crippen LogP contribution in [0.1, 0.15) is 32.1 Å². The summed E-state index contributed by atoms with van der Waals surface area (Å²) in [7, 11) is -6.57. The van der Waals surface area contributed by atoms with E-state index in [4.69, 9.17) is 4.74 Å². The first kappa shape index (κ1) is 14.8. The molecular weight excluding hydrogens is 288 g/mol. The highest BCUT2D eigenvalue weighted by Crippen LogP contribution is 2.23. The molecule has 5 nitrogen and oxygen atoms in total. The molecule has 19 heavy (non-hydrogen) atoms. The number of ether oxygens (including phenoxy) is 1. The largest absolute Gasteiger partial charge is 0.500 e. The Morgan fingerprint density at radius 2 is 1.74 bits per heavy atom. The summed E-state index contributed by atoms with van der Waals surface area (Å²) in [5.74, 6) is -0.842. The van der Waals surface area contributed by atoms with Crippen molar-refractivity contribution < 1.29 is 21.6 Å². The van der Waals surface area contributed by atoms with Gasteiger partial charge in [-0.25, -0.2) is 16.8 Å². The van der Waals surface area contributed by atoms with Crippen LogP contribution in [0, 0.1) is 0 Å². The van der Waals surface area contributed by atoms with E-state index < -0.39 is 24.9 Å². The Morgan fingerprint density at radius 3 is 2.42 bits per heavy atom. The van der Waals surface area contributed by atoms with Crippen molar-refractivity contribution in [3.63, 3.8) is 0 Å². The first-order valence-corrected chi connectivity index (χ1v) is 10.1. The van der Waals surface area contributed by atoms with Gasteiger partial charge in [-0.2, -0.15) is 0 Å². The third kappa shape index (κ3) is 4.21. The third-order valence-electron chi connectivity index (χ3n) is 3.65. The number of hydrogen-bond donors (Lipinski definition) is 0. The summed E-state index contributed by atoms with van der Waals surface area (Å²) in [4.78, 5) is 0. The molecule has 110 valence electrons. The standard InChI is InChI=1S/C12H20O5S2/c13-18(14)6-7-19(15,16)12(10-18)9-17-8-11-4-2-1-3-5-11/h8,12H,1-7,9-10H2. The maximum Gasteiger partial charge on any atom is 0.158 e. The molecule has 0 radical (unpaired) electrons.